The Kier molecular flexibility index (Phi) is 4.18. The van der Waals surface area contributed by atoms with Crippen molar-refractivity contribution < 1.29 is 28.3 Å². The SMILES string of the molecule is CC(C)CCC(=O)Oc1c(OC(C)C)c2oc1c1c2C(=O)N(C)C1=O. The number of furan rings is 2. The van der Waals surface area contributed by atoms with E-state index in [1.807, 2.05) is 27.7 Å². The summed E-state index contributed by atoms with van der Waals surface area (Å²) in [4.78, 5) is 37.7. The largest absolute Gasteiger partial charge is 0.484 e. The molecule has 0 N–H and O–H groups in total. The van der Waals surface area contributed by atoms with Gasteiger partial charge in [0, 0.05) is 13.5 Å². The first kappa shape index (κ1) is 17.3. The van der Waals surface area contributed by atoms with E-state index in [-0.39, 0.29) is 46.3 Å². The van der Waals surface area contributed by atoms with Crippen LogP contribution in [0.4, 0.5) is 0 Å². The lowest BCUT2D eigenvalue weighted by Crippen LogP contribution is -2.24. The number of esters is 1. The van der Waals surface area contributed by atoms with Gasteiger partial charge in [0.15, 0.2) is 11.2 Å². The predicted molar refractivity (Wildman–Crippen MR) is 89.3 cm³/mol. The second-order valence-electron chi connectivity index (χ2n) is 6.91. The molecule has 7 heteroatoms. The number of nitrogens with zero attached hydrogens (tertiary/aromatic N) is 1. The Balaban J connectivity index is 2.02. The van der Waals surface area contributed by atoms with Gasteiger partial charge in [-0.15, -0.1) is 0 Å². The highest BCUT2D eigenvalue weighted by Gasteiger charge is 2.45. The molecule has 0 saturated heterocycles. The third-order valence-corrected chi connectivity index (χ3v) is 4.06. The first-order chi connectivity index (χ1) is 11.7. The minimum atomic E-state index is -0.468. The highest BCUT2D eigenvalue weighted by Crippen LogP contribution is 2.50. The maximum atomic E-state index is 12.3. The smallest absolute Gasteiger partial charge is 0.311 e. The fourth-order valence-electron chi connectivity index (χ4n) is 2.80. The van der Waals surface area contributed by atoms with Crippen LogP contribution in [0.15, 0.2) is 4.42 Å². The minimum Gasteiger partial charge on any atom is -0.484 e. The highest BCUT2D eigenvalue weighted by molar-refractivity contribution is 6.29. The number of hydrogen-bond acceptors (Lipinski definition) is 6. The van der Waals surface area contributed by atoms with Crippen LogP contribution in [0.3, 0.4) is 0 Å². The lowest BCUT2D eigenvalue weighted by molar-refractivity contribution is -0.134. The third kappa shape index (κ3) is 2.73. The molecule has 2 amide bonds. The Morgan fingerprint density at radius 2 is 1.60 bits per heavy atom. The molecule has 3 rings (SSSR count). The Morgan fingerprint density at radius 1 is 1.04 bits per heavy atom. The van der Waals surface area contributed by atoms with E-state index in [1.165, 1.54) is 7.05 Å². The van der Waals surface area contributed by atoms with Crippen molar-refractivity contribution in [3.05, 3.63) is 11.1 Å². The van der Waals surface area contributed by atoms with Gasteiger partial charge in [0.2, 0.25) is 11.5 Å². The van der Waals surface area contributed by atoms with E-state index in [1.54, 1.807) is 0 Å². The van der Waals surface area contributed by atoms with Crippen LogP contribution in [0.5, 0.6) is 11.5 Å². The van der Waals surface area contributed by atoms with Crippen molar-refractivity contribution in [2.45, 2.75) is 46.6 Å². The van der Waals surface area contributed by atoms with Gasteiger partial charge in [-0.2, -0.15) is 0 Å². The lowest BCUT2D eigenvalue weighted by Gasteiger charge is -2.12. The van der Waals surface area contributed by atoms with Crippen molar-refractivity contribution in [3.63, 3.8) is 0 Å². The average molecular weight is 347 g/mol. The summed E-state index contributed by atoms with van der Waals surface area (Å²) in [6.45, 7) is 7.65. The van der Waals surface area contributed by atoms with Crippen LogP contribution in [0, 0.1) is 5.92 Å². The molecule has 0 aromatic carbocycles. The van der Waals surface area contributed by atoms with Gasteiger partial charge in [0.25, 0.3) is 11.8 Å². The van der Waals surface area contributed by atoms with Gasteiger partial charge in [0.1, 0.15) is 11.1 Å². The molecule has 25 heavy (non-hydrogen) atoms. The molecule has 7 nitrogen and oxygen atoms in total. The zero-order valence-corrected chi connectivity index (χ0v) is 15.0. The number of carbonyl (C=O) groups excluding carboxylic acids is 3. The van der Waals surface area contributed by atoms with Gasteiger partial charge >= 0.3 is 5.97 Å². The molecule has 0 unspecified atom stereocenters. The summed E-state index contributed by atoms with van der Waals surface area (Å²) in [6.07, 6.45) is 0.717. The molecule has 2 aromatic rings. The van der Waals surface area contributed by atoms with E-state index in [0.29, 0.717) is 12.3 Å². The number of rotatable bonds is 6. The Morgan fingerprint density at radius 3 is 2.12 bits per heavy atom. The predicted octanol–water partition coefficient (Wildman–Crippen LogP) is 3.23. The van der Waals surface area contributed by atoms with Crippen LogP contribution in [-0.2, 0) is 4.79 Å². The molecular formula is C18H21NO6. The van der Waals surface area contributed by atoms with E-state index < -0.39 is 17.8 Å². The Labute approximate surface area is 145 Å². The number of carbonyl (C=O) groups is 3. The third-order valence-electron chi connectivity index (χ3n) is 4.06. The summed E-state index contributed by atoms with van der Waals surface area (Å²) in [5, 5.41) is 0. The second-order valence-corrected chi connectivity index (χ2v) is 6.91. The fourth-order valence-corrected chi connectivity index (χ4v) is 2.80. The minimum absolute atomic E-state index is 0.0904. The molecule has 0 spiro atoms. The molecule has 134 valence electrons. The summed E-state index contributed by atoms with van der Waals surface area (Å²) in [5.74, 6) is -0.677. The number of imide groups is 1. The number of ether oxygens (including phenoxy) is 2. The van der Waals surface area contributed by atoms with Crippen molar-refractivity contribution in [1.82, 2.24) is 4.90 Å². The standard InChI is InChI=1S/C18H21NO6/c1-8(2)6-7-10(20)24-16-14-12-11(17(21)19(5)18(12)22)13(25-14)15(16)23-9(3)4/h8-9H,6-7H2,1-5H3. The van der Waals surface area contributed by atoms with Gasteiger partial charge in [-0.25, -0.2) is 0 Å². The maximum absolute atomic E-state index is 12.3. The number of benzene rings is 1. The zero-order valence-electron chi connectivity index (χ0n) is 15.0. The molecule has 0 fully saturated rings. The van der Waals surface area contributed by atoms with Crippen LogP contribution >= 0.6 is 0 Å². The van der Waals surface area contributed by atoms with E-state index >= 15 is 0 Å². The van der Waals surface area contributed by atoms with Crippen LogP contribution in [-0.4, -0.2) is 35.8 Å². The fraction of sp³-hybridized carbons (Fsp3) is 0.500. The van der Waals surface area contributed by atoms with E-state index in [9.17, 15) is 14.4 Å². The molecule has 2 bridgehead atoms. The van der Waals surface area contributed by atoms with E-state index in [2.05, 4.69) is 0 Å². The van der Waals surface area contributed by atoms with Gasteiger partial charge in [-0.3, -0.25) is 19.3 Å². The molecule has 1 aliphatic heterocycles. The Bertz CT molecular complexity index is 847. The molecule has 1 aliphatic rings. The summed E-state index contributed by atoms with van der Waals surface area (Å²) in [5.41, 5.74) is 0.583. The van der Waals surface area contributed by atoms with Crippen LogP contribution < -0.4 is 9.47 Å². The molecular weight excluding hydrogens is 326 g/mol. The number of hydrogen-bond donors (Lipinski definition) is 0. The van der Waals surface area contributed by atoms with Gasteiger partial charge in [0.05, 0.1) is 6.10 Å². The summed E-state index contributed by atoms with van der Waals surface area (Å²) in [6, 6.07) is 0. The summed E-state index contributed by atoms with van der Waals surface area (Å²) >= 11 is 0. The summed E-state index contributed by atoms with van der Waals surface area (Å²) < 4.78 is 16.8. The van der Waals surface area contributed by atoms with Gasteiger partial charge < -0.3 is 13.9 Å². The van der Waals surface area contributed by atoms with Gasteiger partial charge in [-0.1, -0.05) is 13.8 Å². The quantitative estimate of drug-likeness (QED) is 0.453. The molecule has 0 radical (unpaired) electrons. The second kappa shape index (κ2) is 6.06. The van der Waals surface area contributed by atoms with Gasteiger partial charge in [-0.05, 0) is 26.2 Å². The first-order valence-electron chi connectivity index (χ1n) is 8.33. The number of amides is 2. The normalized spacial score (nSPS) is 14.3. The van der Waals surface area contributed by atoms with Crippen LogP contribution in [0.25, 0.3) is 11.2 Å². The topological polar surface area (TPSA) is 86.1 Å². The van der Waals surface area contributed by atoms with E-state index in [4.69, 9.17) is 13.9 Å². The number of fused-ring (bicyclic) bond motifs is 5. The lowest BCUT2D eigenvalue weighted by atomic mass is 10.1. The molecule has 0 aliphatic carbocycles. The average Bonchev–Trinajstić information content (AvgIpc) is 3.13. The molecule has 0 atom stereocenters. The van der Waals surface area contributed by atoms with E-state index in [0.717, 1.165) is 4.90 Å². The van der Waals surface area contributed by atoms with Crippen molar-refractivity contribution in [2.24, 2.45) is 5.92 Å². The van der Waals surface area contributed by atoms with Crippen molar-refractivity contribution in [2.75, 3.05) is 7.05 Å². The Hall–Kier alpha value is -2.57. The molecule has 3 heterocycles. The zero-order chi connectivity index (χ0) is 18.5. The monoisotopic (exact) mass is 347 g/mol. The van der Waals surface area contributed by atoms with Crippen molar-refractivity contribution in [3.8, 4) is 11.5 Å². The summed E-state index contributed by atoms with van der Waals surface area (Å²) in [7, 11) is 1.40. The highest BCUT2D eigenvalue weighted by atomic mass is 16.6. The van der Waals surface area contributed by atoms with Crippen LogP contribution in [0.2, 0.25) is 0 Å². The first-order valence-corrected chi connectivity index (χ1v) is 8.33. The van der Waals surface area contributed by atoms with Crippen molar-refractivity contribution in [1.29, 1.82) is 0 Å². The van der Waals surface area contributed by atoms with Crippen LogP contribution in [0.1, 0.15) is 61.3 Å². The van der Waals surface area contributed by atoms with Crippen molar-refractivity contribution >= 4 is 28.9 Å². The maximum Gasteiger partial charge on any atom is 0.311 e. The molecule has 0 saturated carbocycles. The molecule has 2 aromatic heterocycles.